The zero-order valence-corrected chi connectivity index (χ0v) is 12.8. The fraction of sp³-hybridized carbons (Fsp3) is 0.0714. The van der Waals surface area contributed by atoms with Crippen LogP contribution in [0.25, 0.3) is 0 Å². The van der Waals surface area contributed by atoms with E-state index < -0.39 is 0 Å². The molecule has 2 rings (SSSR count). The summed E-state index contributed by atoms with van der Waals surface area (Å²) in [6.45, 7) is 1.85. The van der Waals surface area contributed by atoms with Gasteiger partial charge in [-0.1, -0.05) is 17.3 Å². The van der Waals surface area contributed by atoms with Crippen LogP contribution >= 0.6 is 15.9 Å². The third kappa shape index (κ3) is 3.57. The van der Waals surface area contributed by atoms with Crippen LogP contribution in [0.2, 0.25) is 0 Å². The third-order valence-electron chi connectivity index (χ3n) is 2.85. The van der Waals surface area contributed by atoms with Crippen molar-refractivity contribution in [3.63, 3.8) is 0 Å². The lowest BCUT2D eigenvalue weighted by molar-refractivity contribution is 0.102. The van der Waals surface area contributed by atoms with E-state index in [9.17, 15) is 4.79 Å². The molecule has 21 heavy (non-hydrogen) atoms. The number of hydrogen-bond donors (Lipinski definition) is 3. The van der Waals surface area contributed by atoms with Crippen LogP contribution in [0.15, 0.2) is 46.2 Å². The number of pyridine rings is 1. The largest absolute Gasteiger partial charge is 0.409 e. The van der Waals surface area contributed by atoms with Crippen molar-refractivity contribution in [2.24, 2.45) is 10.9 Å². The number of hydrogen-bond acceptors (Lipinski definition) is 4. The second kappa shape index (κ2) is 6.36. The van der Waals surface area contributed by atoms with Gasteiger partial charge in [-0.05, 0) is 46.6 Å². The summed E-state index contributed by atoms with van der Waals surface area (Å²) in [4.78, 5) is 16.2. The molecule has 0 fully saturated rings. The summed E-state index contributed by atoms with van der Waals surface area (Å²) in [5, 5.41) is 14.4. The van der Waals surface area contributed by atoms with Crippen molar-refractivity contribution in [1.82, 2.24) is 4.98 Å². The standard InChI is InChI=1S/C14H13BrN4O2/c1-8-2-3-9(13(16)19-21)6-12(8)18-14(20)11-5-4-10(15)7-17-11/h2-7,21H,1H3,(H2,16,19)(H,18,20). The molecule has 0 aliphatic carbocycles. The fourth-order valence-corrected chi connectivity index (χ4v) is 1.90. The number of aromatic nitrogens is 1. The Morgan fingerprint density at radius 1 is 1.38 bits per heavy atom. The Morgan fingerprint density at radius 3 is 2.76 bits per heavy atom. The first-order chi connectivity index (χ1) is 10.0. The number of oxime groups is 1. The zero-order chi connectivity index (χ0) is 15.4. The van der Waals surface area contributed by atoms with Crippen molar-refractivity contribution >= 4 is 33.4 Å². The molecule has 0 spiro atoms. The second-order valence-corrected chi connectivity index (χ2v) is 5.25. The molecule has 2 aromatic rings. The van der Waals surface area contributed by atoms with E-state index in [4.69, 9.17) is 10.9 Å². The summed E-state index contributed by atoms with van der Waals surface area (Å²) in [6, 6.07) is 8.47. The van der Waals surface area contributed by atoms with Crippen LogP contribution in [-0.2, 0) is 0 Å². The number of nitrogens with one attached hydrogen (secondary N) is 1. The summed E-state index contributed by atoms with van der Waals surface area (Å²) >= 11 is 3.26. The van der Waals surface area contributed by atoms with Gasteiger partial charge in [-0.15, -0.1) is 0 Å². The Labute approximate surface area is 129 Å². The fourth-order valence-electron chi connectivity index (χ4n) is 1.67. The molecule has 0 unspecified atom stereocenters. The van der Waals surface area contributed by atoms with E-state index in [1.807, 2.05) is 6.92 Å². The minimum absolute atomic E-state index is 0.0211. The topological polar surface area (TPSA) is 101 Å². The van der Waals surface area contributed by atoms with E-state index in [0.29, 0.717) is 16.9 Å². The van der Waals surface area contributed by atoms with E-state index in [0.717, 1.165) is 10.0 Å². The Kier molecular flexibility index (Phi) is 4.54. The minimum atomic E-state index is -0.331. The number of carbonyl (C=O) groups is 1. The number of rotatable bonds is 3. The summed E-state index contributed by atoms with van der Waals surface area (Å²) in [6.07, 6.45) is 1.55. The third-order valence-corrected chi connectivity index (χ3v) is 3.32. The molecule has 7 heteroatoms. The highest BCUT2D eigenvalue weighted by molar-refractivity contribution is 9.10. The lowest BCUT2D eigenvalue weighted by Gasteiger charge is -2.10. The number of nitrogens with two attached hydrogens (primary N) is 1. The van der Waals surface area contributed by atoms with Gasteiger partial charge in [0.2, 0.25) is 0 Å². The van der Waals surface area contributed by atoms with Gasteiger partial charge in [0, 0.05) is 21.9 Å². The van der Waals surface area contributed by atoms with Gasteiger partial charge in [0.25, 0.3) is 5.91 Å². The van der Waals surface area contributed by atoms with Gasteiger partial charge in [0.1, 0.15) is 5.69 Å². The molecule has 1 amide bonds. The maximum absolute atomic E-state index is 12.1. The predicted octanol–water partition coefficient (Wildman–Crippen LogP) is 2.50. The molecule has 0 aliphatic heterocycles. The summed E-state index contributed by atoms with van der Waals surface area (Å²) in [5.41, 5.74) is 7.79. The van der Waals surface area contributed by atoms with Crippen LogP contribution in [0.1, 0.15) is 21.6 Å². The number of amides is 1. The van der Waals surface area contributed by atoms with E-state index >= 15 is 0 Å². The first kappa shape index (κ1) is 15.0. The number of carbonyl (C=O) groups excluding carboxylic acids is 1. The maximum atomic E-state index is 12.1. The van der Waals surface area contributed by atoms with Gasteiger partial charge in [-0.3, -0.25) is 4.79 Å². The van der Waals surface area contributed by atoms with Crippen LogP contribution in [0.3, 0.4) is 0 Å². The summed E-state index contributed by atoms with van der Waals surface area (Å²) in [7, 11) is 0. The highest BCUT2D eigenvalue weighted by Crippen LogP contribution is 2.18. The van der Waals surface area contributed by atoms with Crippen molar-refractivity contribution in [3.8, 4) is 0 Å². The van der Waals surface area contributed by atoms with Crippen LogP contribution in [0.4, 0.5) is 5.69 Å². The molecule has 0 saturated carbocycles. The van der Waals surface area contributed by atoms with Crippen LogP contribution in [-0.4, -0.2) is 21.9 Å². The lowest BCUT2D eigenvalue weighted by Crippen LogP contribution is -2.17. The molecule has 1 aromatic carbocycles. The molecule has 0 bridgehead atoms. The Balaban J connectivity index is 2.26. The highest BCUT2D eigenvalue weighted by Gasteiger charge is 2.10. The quantitative estimate of drug-likeness (QED) is 0.343. The van der Waals surface area contributed by atoms with E-state index in [1.165, 1.54) is 0 Å². The minimum Gasteiger partial charge on any atom is -0.409 e. The zero-order valence-electron chi connectivity index (χ0n) is 11.2. The smallest absolute Gasteiger partial charge is 0.274 e. The highest BCUT2D eigenvalue weighted by atomic mass is 79.9. The molecule has 0 saturated heterocycles. The first-order valence-corrected chi connectivity index (χ1v) is 6.82. The number of halogens is 1. The van der Waals surface area contributed by atoms with Crippen molar-refractivity contribution in [2.45, 2.75) is 6.92 Å². The molecule has 4 N–H and O–H groups in total. The number of amidine groups is 1. The van der Waals surface area contributed by atoms with Crippen LogP contribution in [0, 0.1) is 6.92 Å². The predicted molar refractivity (Wildman–Crippen MR) is 83.6 cm³/mol. The maximum Gasteiger partial charge on any atom is 0.274 e. The molecule has 6 nitrogen and oxygen atoms in total. The van der Waals surface area contributed by atoms with Crippen molar-refractivity contribution in [2.75, 3.05) is 5.32 Å². The SMILES string of the molecule is Cc1ccc(C(N)=NO)cc1NC(=O)c1ccc(Br)cn1. The van der Waals surface area contributed by atoms with Crippen molar-refractivity contribution in [1.29, 1.82) is 0 Å². The molecular formula is C14H13BrN4O2. The average Bonchev–Trinajstić information content (AvgIpc) is 2.49. The number of aryl methyl sites for hydroxylation is 1. The van der Waals surface area contributed by atoms with Crippen LogP contribution < -0.4 is 11.1 Å². The molecule has 0 aliphatic rings. The van der Waals surface area contributed by atoms with E-state index in [1.54, 1.807) is 36.5 Å². The number of anilines is 1. The molecule has 1 heterocycles. The van der Waals surface area contributed by atoms with Crippen molar-refractivity contribution in [3.05, 3.63) is 57.8 Å². The lowest BCUT2D eigenvalue weighted by atomic mass is 10.1. The van der Waals surface area contributed by atoms with Gasteiger partial charge >= 0.3 is 0 Å². The molecule has 0 atom stereocenters. The normalized spacial score (nSPS) is 11.2. The number of benzene rings is 1. The van der Waals surface area contributed by atoms with Crippen LogP contribution in [0.5, 0.6) is 0 Å². The molecule has 1 aromatic heterocycles. The van der Waals surface area contributed by atoms with E-state index in [2.05, 4.69) is 31.4 Å². The number of nitrogens with zero attached hydrogens (tertiary/aromatic N) is 2. The molecular weight excluding hydrogens is 336 g/mol. The van der Waals surface area contributed by atoms with E-state index in [-0.39, 0.29) is 11.7 Å². The average molecular weight is 349 g/mol. The van der Waals surface area contributed by atoms with Crippen molar-refractivity contribution < 1.29 is 10.0 Å². The summed E-state index contributed by atoms with van der Waals surface area (Å²) in [5.74, 6) is -0.352. The Hall–Kier alpha value is -2.41. The Morgan fingerprint density at radius 2 is 2.14 bits per heavy atom. The van der Waals surface area contributed by atoms with Gasteiger partial charge in [-0.25, -0.2) is 4.98 Å². The van der Waals surface area contributed by atoms with Gasteiger partial charge in [0.15, 0.2) is 5.84 Å². The first-order valence-electron chi connectivity index (χ1n) is 6.02. The second-order valence-electron chi connectivity index (χ2n) is 4.33. The van der Waals surface area contributed by atoms with Gasteiger partial charge in [-0.2, -0.15) is 0 Å². The van der Waals surface area contributed by atoms with Gasteiger partial charge in [0.05, 0.1) is 0 Å². The van der Waals surface area contributed by atoms with Gasteiger partial charge < -0.3 is 16.3 Å². The molecule has 108 valence electrons. The summed E-state index contributed by atoms with van der Waals surface area (Å²) < 4.78 is 0.796. The monoisotopic (exact) mass is 348 g/mol. The molecule has 0 radical (unpaired) electrons. The Bertz CT molecular complexity index is 699.